The van der Waals surface area contributed by atoms with Crippen LogP contribution in [0.1, 0.15) is 29.4 Å². The number of H-pyrrole nitrogens is 1. The van der Waals surface area contributed by atoms with Crippen LogP contribution in [0.5, 0.6) is 0 Å². The smallest absolute Gasteiger partial charge is 0.275 e. The van der Waals surface area contributed by atoms with Crippen LogP contribution in [0.15, 0.2) is 54.6 Å². The van der Waals surface area contributed by atoms with Gasteiger partial charge in [0.1, 0.15) is 0 Å². The van der Waals surface area contributed by atoms with Crippen LogP contribution in [0.3, 0.4) is 0 Å². The maximum Gasteiger partial charge on any atom is 0.275 e. The average molecular weight is 349 g/mol. The average Bonchev–Trinajstić information content (AvgIpc) is 3.08. The summed E-state index contributed by atoms with van der Waals surface area (Å²) in [5.41, 5.74) is 1.72. The molecule has 3 aromatic rings. The zero-order valence-corrected chi connectivity index (χ0v) is 14.9. The molecule has 2 atom stereocenters. The summed E-state index contributed by atoms with van der Waals surface area (Å²) >= 11 is 0. The van der Waals surface area contributed by atoms with Gasteiger partial charge in [-0.25, -0.2) is 0 Å². The van der Waals surface area contributed by atoms with Crippen LogP contribution in [0.2, 0.25) is 0 Å². The second-order valence-corrected chi connectivity index (χ2v) is 7.36. The Balaban J connectivity index is 1.56. The van der Waals surface area contributed by atoms with Crippen LogP contribution in [0.4, 0.5) is 0 Å². The number of likely N-dealkylation sites (tertiary alicyclic amines) is 1. The van der Waals surface area contributed by atoms with Gasteiger partial charge in [0, 0.05) is 24.4 Å². The molecule has 0 spiro atoms. The summed E-state index contributed by atoms with van der Waals surface area (Å²) in [4.78, 5) is 14.9. The van der Waals surface area contributed by atoms with Gasteiger partial charge in [-0.3, -0.25) is 9.89 Å². The molecule has 1 aliphatic rings. The quantitative estimate of drug-likeness (QED) is 0.764. The van der Waals surface area contributed by atoms with Crippen molar-refractivity contribution in [3.8, 4) is 0 Å². The van der Waals surface area contributed by atoms with Gasteiger partial charge in [0.25, 0.3) is 5.91 Å². The predicted octanol–water partition coefficient (Wildman–Crippen LogP) is 3.02. The fourth-order valence-electron chi connectivity index (χ4n) is 3.76. The van der Waals surface area contributed by atoms with Crippen LogP contribution in [-0.4, -0.2) is 44.8 Å². The van der Waals surface area contributed by atoms with Crippen molar-refractivity contribution in [2.45, 2.75) is 25.4 Å². The van der Waals surface area contributed by atoms with Crippen LogP contribution >= 0.6 is 0 Å². The molecule has 1 fully saturated rings. The van der Waals surface area contributed by atoms with Crippen molar-refractivity contribution in [1.29, 1.82) is 0 Å². The number of aliphatic hydroxyl groups is 1. The Bertz CT molecular complexity index is 917. The highest BCUT2D eigenvalue weighted by atomic mass is 16.3. The van der Waals surface area contributed by atoms with Gasteiger partial charge < -0.3 is 10.0 Å². The van der Waals surface area contributed by atoms with E-state index in [0.29, 0.717) is 25.2 Å². The molecule has 5 heteroatoms. The number of amides is 1. The van der Waals surface area contributed by atoms with E-state index in [-0.39, 0.29) is 11.8 Å². The molecule has 2 N–H and O–H groups in total. The molecule has 1 amide bonds. The minimum absolute atomic E-state index is 0.00666. The normalized spacial score (nSPS) is 23.3. The van der Waals surface area contributed by atoms with Gasteiger partial charge in [-0.05, 0) is 31.4 Å². The summed E-state index contributed by atoms with van der Waals surface area (Å²) in [5, 5.41) is 18.8. The summed E-state index contributed by atoms with van der Waals surface area (Å²) in [7, 11) is 0. The molecule has 5 nitrogen and oxygen atoms in total. The van der Waals surface area contributed by atoms with E-state index in [9.17, 15) is 9.90 Å². The van der Waals surface area contributed by atoms with Crippen LogP contribution in [-0.2, 0) is 6.42 Å². The highest BCUT2D eigenvalue weighted by Crippen LogP contribution is 2.31. The number of aromatic nitrogens is 2. The second-order valence-electron chi connectivity index (χ2n) is 7.36. The minimum atomic E-state index is -0.778. The summed E-state index contributed by atoms with van der Waals surface area (Å²) in [5.74, 6) is -0.0798. The molecule has 0 radical (unpaired) electrons. The molecule has 134 valence electrons. The van der Waals surface area contributed by atoms with Gasteiger partial charge in [0.2, 0.25) is 0 Å². The molecule has 0 saturated carbocycles. The van der Waals surface area contributed by atoms with E-state index in [0.717, 1.165) is 17.3 Å². The topological polar surface area (TPSA) is 69.2 Å². The van der Waals surface area contributed by atoms with Crippen molar-refractivity contribution in [2.24, 2.45) is 5.92 Å². The Morgan fingerprint density at radius 1 is 1.23 bits per heavy atom. The van der Waals surface area contributed by atoms with Crippen molar-refractivity contribution in [3.05, 3.63) is 65.9 Å². The molecule has 1 aromatic heterocycles. The van der Waals surface area contributed by atoms with Crippen LogP contribution < -0.4 is 0 Å². The number of nitrogens with one attached hydrogen (secondary N) is 1. The zero-order valence-electron chi connectivity index (χ0n) is 14.9. The molecule has 2 aromatic carbocycles. The first-order valence-electron chi connectivity index (χ1n) is 9.03. The summed E-state index contributed by atoms with van der Waals surface area (Å²) in [6, 6.07) is 17.8. The van der Waals surface area contributed by atoms with E-state index < -0.39 is 5.60 Å². The highest BCUT2D eigenvalue weighted by molar-refractivity contribution is 6.04. The molecule has 0 aliphatic carbocycles. The number of piperidine rings is 1. The number of fused-ring (bicyclic) bond motifs is 1. The molecule has 0 unspecified atom stereocenters. The number of aromatic amines is 1. The van der Waals surface area contributed by atoms with Gasteiger partial charge in [-0.2, -0.15) is 5.10 Å². The van der Waals surface area contributed by atoms with Crippen LogP contribution in [0, 0.1) is 5.92 Å². The Labute approximate surface area is 152 Å². The number of hydrogen-bond donors (Lipinski definition) is 2. The number of para-hydroxylation sites is 1. The first-order valence-corrected chi connectivity index (χ1v) is 9.03. The zero-order chi connectivity index (χ0) is 18.1. The van der Waals surface area contributed by atoms with E-state index in [1.807, 2.05) is 54.3 Å². The lowest BCUT2D eigenvalue weighted by molar-refractivity contribution is -0.0508. The third-order valence-corrected chi connectivity index (χ3v) is 5.49. The highest BCUT2D eigenvalue weighted by Gasteiger charge is 2.39. The Morgan fingerprint density at radius 2 is 1.96 bits per heavy atom. The largest absolute Gasteiger partial charge is 0.390 e. The lowest BCUT2D eigenvalue weighted by atomic mass is 9.78. The lowest BCUT2D eigenvalue weighted by Gasteiger charge is -2.42. The fourth-order valence-corrected chi connectivity index (χ4v) is 3.76. The Kier molecular flexibility index (Phi) is 4.24. The van der Waals surface area contributed by atoms with Crippen molar-refractivity contribution >= 4 is 16.8 Å². The van der Waals surface area contributed by atoms with Crippen LogP contribution in [0.25, 0.3) is 10.9 Å². The summed E-state index contributed by atoms with van der Waals surface area (Å²) < 4.78 is 0. The first kappa shape index (κ1) is 16.8. The molecule has 1 saturated heterocycles. The van der Waals surface area contributed by atoms with Gasteiger partial charge in [0.15, 0.2) is 5.69 Å². The number of carbonyl (C=O) groups excluding carboxylic acids is 1. The maximum atomic E-state index is 13.0. The predicted molar refractivity (Wildman–Crippen MR) is 101 cm³/mol. The summed E-state index contributed by atoms with van der Waals surface area (Å²) in [6.45, 7) is 2.95. The van der Waals surface area contributed by atoms with Crippen molar-refractivity contribution in [3.63, 3.8) is 0 Å². The first-order chi connectivity index (χ1) is 12.5. The SMILES string of the molecule is C[C@@]1(O)CCN(C(=O)c2n[nH]c3ccccc23)C[C@@H]1Cc1ccccc1. The fraction of sp³-hybridized carbons (Fsp3) is 0.333. The monoisotopic (exact) mass is 349 g/mol. The second kappa shape index (κ2) is 6.57. The lowest BCUT2D eigenvalue weighted by Crippen LogP contribution is -2.52. The van der Waals surface area contributed by atoms with E-state index in [1.165, 1.54) is 5.56 Å². The maximum absolute atomic E-state index is 13.0. The van der Waals surface area contributed by atoms with Gasteiger partial charge in [-0.1, -0.05) is 48.5 Å². The standard InChI is InChI=1S/C21H23N3O2/c1-21(26)11-12-24(14-16(21)13-15-7-3-2-4-8-15)20(25)19-17-9-5-6-10-18(17)22-23-19/h2-10,16,26H,11-14H2,1H3,(H,22,23)/t16-,21+/m0/s1. The van der Waals surface area contributed by atoms with Gasteiger partial charge >= 0.3 is 0 Å². The van der Waals surface area contributed by atoms with E-state index in [1.54, 1.807) is 0 Å². The van der Waals surface area contributed by atoms with Gasteiger partial charge in [-0.15, -0.1) is 0 Å². The Hall–Kier alpha value is -2.66. The minimum Gasteiger partial charge on any atom is -0.390 e. The third-order valence-electron chi connectivity index (χ3n) is 5.49. The van der Waals surface area contributed by atoms with Crippen molar-refractivity contribution < 1.29 is 9.90 Å². The molecule has 4 rings (SSSR count). The van der Waals surface area contributed by atoms with Crippen molar-refractivity contribution in [2.75, 3.05) is 13.1 Å². The van der Waals surface area contributed by atoms with Gasteiger partial charge in [0.05, 0.1) is 11.1 Å². The molecule has 0 bridgehead atoms. The molecule has 26 heavy (non-hydrogen) atoms. The number of nitrogens with zero attached hydrogens (tertiary/aromatic N) is 2. The number of benzene rings is 2. The Morgan fingerprint density at radius 3 is 2.77 bits per heavy atom. The van der Waals surface area contributed by atoms with E-state index in [2.05, 4.69) is 22.3 Å². The van der Waals surface area contributed by atoms with Crippen molar-refractivity contribution in [1.82, 2.24) is 15.1 Å². The van der Waals surface area contributed by atoms with E-state index >= 15 is 0 Å². The number of hydrogen-bond acceptors (Lipinski definition) is 3. The summed E-state index contributed by atoms with van der Waals surface area (Å²) in [6.07, 6.45) is 1.32. The number of carbonyl (C=O) groups is 1. The van der Waals surface area contributed by atoms with E-state index in [4.69, 9.17) is 0 Å². The molecular weight excluding hydrogens is 326 g/mol. The third kappa shape index (κ3) is 3.10. The number of rotatable bonds is 3. The molecule has 2 heterocycles. The molecule has 1 aliphatic heterocycles. The molecular formula is C21H23N3O2.